The Morgan fingerprint density at radius 3 is 2.70 bits per heavy atom. The Morgan fingerprint density at radius 1 is 1.19 bits per heavy atom. The van der Waals surface area contributed by atoms with Crippen LogP contribution in [-0.4, -0.2) is 37.6 Å². The van der Waals surface area contributed by atoms with Gasteiger partial charge in [0.2, 0.25) is 5.91 Å². The molecule has 4 heterocycles. The largest absolute Gasteiger partial charge is 0.480 e. The van der Waals surface area contributed by atoms with Gasteiger partial charge in [-0.25, -0.2) is 16.3 Å². The summed E-state index contributed by atoms with van der Waals surface area (Å²) in [6.07, 6.45) is 7.38. The second-order valence-electron chi connectivity index (χ2n) is 10.2. The molecule has 15 heteroatoms. The van der Waals surface area contributed by atoms with Crippen LogP contribution in [0.15, 0.2) is 77.0 Å². The van der Waals surface area contributed by atoms with Gasteiger partial charge in [-0.3, -0.25) is 34.0 Å². The van der Waals surface area contributed by atoms with Crippen molar-refractivity contribution in [3.63, 3.8) is 0 Å². The van der Waals surface area contributed by atoms with Crippen molar-refractivity contribution in [2.45, 2.75) is 38.3 Å². The van der Waals surface area contributed by atoms with Crippen molar-refractivity contribution < 1.29 is 14.7 Å². The van der Waals surface area contributed by atoms with Crippen molar-refractivity contribution in [2.24, 2.45) is 17.5 Å². The second-order valence-corrected chi connectivity index (χ2v) is 11.1. The number of nitrogens with one attached hydrogen (secondary N) is 2. The summed E-state index contributed by atoms with van der Waals surface area (Å²) < 4.78 is 1.49. The fraction of sp³-hybridized carbons (Fsp3) is 0.250. The molecule has 2 aliphatic heterocycles. The molecule has 0 fully saturated rings. The quantitative estimate of drug-likeness (QED) is 0.159. The van der Waals surface area contributed by atoms with Crippen LogP contribution in [0.25, 0.3) is 11.3 Å². The minimum Gasteiger partial charge on any atom is -0.480 e. The number of benzene rings is 1. The number of fused-ring (bicyclic) bond motifs is 4. The maximum atomic E-state index is 13.6. The summed E-state index contributed by atoms with van der Waals surface area (Å²) in [6.45, 7) is 1.80. The summed E-state index contributed by atoms with van der Waals surface area (Å²) in [5.74, 6) is 4.72. The van der Waals surface area contributed by atoms with E-state index in [1.165, 1.54) is 39.3 Å². The number of carbonyl (C=O) groups is 2. The number of hydrazine groups is 2. The zero-order chi connectivity index (χ0) is 30.8. The summed E-state index contributed by atoms with van der Waals surface area (Å²) in [5, 5.41) is 15.5. The molecule has 1 amide bonds. The highest BCUT2D eigenvalue weighted by Crippen LogP contribution is 2.33. The van der Waals surface area contributed by atoms with Gasteiger partial charge in [-0.15, -0.1) is 0 Å². The van der Waals surface area contributed by atoms with E-state index in [2.05, 4.69) is 20.7 Å². The highest BCUT2D eigenvalue weighted by Gasteiger charge is 2.32. The van der Waals surface area contributed by atoms with Gasteiger partial charge in [0.25, 0.3) is 5.56 Å². The first-order valence-electron chi connectivity index (χ1n) is 13.3. The fourth-order valence-corrected chi connectivity index (χ4v) is 5.31. The number of carboxylic acids is 1. The Hall–Kier alpha value is -4.43. The molecule has 3 aromatic rings. The lowest BCUT2D eigenvalue weighted by molar-refractivity contribution is -0.138. The van der Waals surface area contributed by atoms with E-state index in [1.807, 2.05) is 0 Å². The van der Waals surface area contributed by atoms with E-state index in [9.17, 15) is 19.5 Å². The Balaban J connectivity index is 1.56. The first-order chi connectivity index (χ1) is 20.5. The van der Waals surface area contributed by atoms with E-state index in [-0.39, 0.29) is 22.5 Å². The van der Waals surface area contributed by atoms with Crippen LogP contribution in [0.4, 0.5) is 11.4 Å². The summed E-state index contributed by atoms with van der Waals surface area (Å²) in [5.41, 5.74) is 10.5. The fourth-order valence-electron chi connectivity index (χ4n) is 5.03. The van der Waals surface area contributed by atoms with Crippen molar-refractivity contribution in [2.75, 3.05) is 10.0 Å². The van der Waals surface area contributed by atoms with E-state index in [0.29, 0.717) is 58.4 Å². The first kappa shape index (κ1) is 30.0. The molecule has 2 aliphatic rings. The predicted octanol–water partition coefficient (Wildman–Crippen LogP) is 2.78. The lowest BCUT2D eigenvalue weighted by Gasteiger charge is -2.27. The number of nitrogens with zero attached hydrogens (tertiary/aromatic N) is 5. The molecule has 2 bridgehead atoms. The number of hydrogen-bond donors (Lipinski definition) is 5. The van der Waals surface area contributed by atoms with Crippen LogP contribution in [0, 0.1) is 5.92 Å². The number of hydrogen-bond acceptors (Lipinski definition) is 10. The summed E-state index contributed by atoms with van der Waals surface area (Å²) in [6, 6.07) is 8.16. The maximum Gasteiger partial charge on any atom is 0.326 e. The average Bonchev–Trinajstić information content (AvgIpc) is 3.39. The summed E-state index contributed by atoms with van der Waals surface area (Å²) in [4.78, 5) is 47.4. The molecule has 224 valence electrons. The molecule has 0 saturated carbocycles. The highest BCUT2D eigenvalue weighted by atomic mass is 35.5. The van der Waals surface area contributed by atoms with E-state index >= 15 is 0 Å². The van der Waals surface area contributed by atoms with Crippen LogP contribution in [0.2, 0.25) is 5.02 Å². The number of aromatic nitrogens is 3. The molecule has 2 aromatic heterocycles. The molecule has 5 rings (SSSR count). The van der Waals surface area contributed by atoms with Gasteiger partial charge in [-0.05, 0) is 49.2 Å². The van der Waals surface area contributed by atoms with Crippen molar-refractivity contribution >= 4 is 46.5 Å². The molecule has 0 spiro atoms. The van der Waals surface area contributed by atoms with E-state index < -0.39 is 18.1 Å². The Morgan fingerprint density at radius 2 is 1.98 bits per heavy atom. The number of halogens is 2. The molecule has 1 aromatic carbocycles. The van der Waals surface area contributed by atoms with Gasteiger partial charge in [0, 0.05) is 28.8 Å². The number of carbonyl (C=O) groups excluding carboxylic acids is 1. The van der Waals surface area contributed by atoms with E-state index in [1.54, 1.807) is 43.5 Å². The maximum absolute atomic E-state index is 13.6. The zero-order valence-electron chi connectivity index (χ0n) is 22.9. The Labute approximate surface area is 256 Å². The zero-order valence-corrected chi connectivity index (χ0v) is 24.5. The summed E-state index contributed by atoms with van der Waals surface area (Å²) in [7, 11) is 0. The van der Waals surface area contributed by atoms with Gasteiger partial charge in [-0.1, -0.05) is 36.5 Å². The van der Waals surface area contributed by atoms with Crippen molar-refractivity contribution in [1.82, 2.24) is 25.3 Å². The molecule has 0 radical (unpaired) electrons. The van der Waals surface area contributed by atoms with Crippen molar-refractivity contribution in [3.05, 3.63) is 93.2 Å². The minimum absolute atomic E-state index is 0.0407. The van der Waals surface area contributed by atoms with Gasteiger partial charge < -0.3 is 16.2 Å². The minimum atomic E-state index is -1.10. The normalized spacial score (nSPS) is 20.8. The number of pyridine rings is 1. The van der Waals surface area contributed by atoms with Gasteiger partial charge in [0.15, 0.2) is 0 Å². The number of anilines is 2. The van der Waals surface area contributed by atoms with Gasteiger partial charge in [0.05, 0.1) is 41.3 Å². The molecule has 0 saturated heterocycles. The van der Waals surface area contributed by atoms with Crippen LogP contribution in [0.5, 0.6) is 0 Å². The molecule has 13 nitrogen and oxygen atoms in total. The molecule has 43 heavy (non-hydrogen) atoms. The molecular weight excluding hydrogens is 597 g/mol. The smallest absolute Gasteiger partial charge is 0.326 e. The number of amides is 1. The molecule has 1 unspecified atom stereocenters. The Bertz CT molecular complexity index is 1690. The van der Waals surface area contributed by atoms with Crippen LogP contribution < -0.4 is 37.9 Å². The van der Waals surface area contributed by atoms with Gasteiger partial charge in [0.1, 0.15) is 17.0 Å². The van der Waals surface area contributed by atoms with Crippen LogP contribution in [0.1, 0.15) is 37.9 Å². The van der Waals surface area contributed by atoms with Crippen LogP contribution >= 0.6 is 23.2 Å². The first-order valence-corrected chi connectivity index (χ1v) is 14.1. The van der Waals surface area contributed by atoms with E-state index in [4.69, 9.17) is 34.8 Å². The number of aliphatic carboxylic acids is 1. The topological polar surface area (TPSA) is 185 Å². The standard InChI is InChI=1S/C28H29Cl2N9O4/c1-15-3-2-4-23(20-10-17(7-8-33-20)39-25(35-27(15)41)11-21(36-39)28(42)43)37-14-34-19(12-26(37)40)18-9-16(29)5-6-22(18)38(32)13-24(30)31/h5-15,21,23,36H,2-4,31-32H2,1H3,(H,35,41)(H,42,43)/b24-13-/t15-,21?,23+/m1/s1. The van der Waals surface area contributed by atoms with Crippen LogP contribution in [0.3, 0.4) is 0 Å². The van der Waals surface area contributed by atoms with E-state index in [0.717, 1.165) is 0 Å². The lowest BCUT2D eigenvalue weighted by Crippen LogP contribution is -2.44. The van der Waals surface area contributed by atoms with Crippen molar-refractivity contribution in [3.8, 4) is 11.3 Å². The third-order valence-electron chi connectivity index (χ3n) is 7.22. The number of nitrogens with two attached hydrogens (primary N) is 2. The molecule has 0 aliphatic carbocycles. The number of carboxylic acid groups (broad SMARTS) is 1. The molecule has 7 N–H and O–H groups in total. The second kappa shape index (κ2) is 12.4. The molecular formula is C28H29Cl2N9O4. The molecule has 3 atom stereocenters. The average molecular weight is 627 g/mol. The highest BCUT2D eigenvalue weighted by molar-refractivity contribution is 6.31. The lowest BCUT2D eigenvalue weighted by atomic mass is 9.98. The van der Waals surface area contributed by atoms with Gasteiger partial charge in [-0.2, -0.15) is 0 Å². The summed E-state index contributed by atoms with van der Waals surface area (Å²) >= 11 is 12.1. The SMILES string of the molecule is C[C@@H]1CCC[C@H](n2cnc(-c3cc(Cl)ccc3N(N)/C=C(\N)Cl)cc2=O)c2cc(ccn2)N2NC(C(=O)O)C=C2NC1=O. The predicted molar refractivity (Wildman–Crippen MR) is 162 cm³/mol. The van der Waals surface area contributed by atoms with Crippen molar-refractivity contribution in [1.29, 1.82) is 0 Å². The third-order valence-corrected chi connectivity index (χ3v) is 7.56. The monoisotopic (exact) mass is 625 g/mol. The Kier molecular flexibility index (Phi) is 8.69. The van der Waals surface area contributed by atoms with Gasteiger partial charge >= 0.3 is 5.97 Å². The van der Waals surface area contributed by atoms with Crippen LogP contribution in [-0.2, 0) is 9.59 Å². The third kappa shape index (κ3) is 6.49. The number of rotatable bonds is 5.